The topological polar surface area (TPSA) is 83.5 Å². The summed E-state index contributed by atoms with van der Waals surface area (Å²) < 4.78 is 25.7. The van der Waals surface area contributed by atoms with Crippen molar-refractivity contribution in [3.63, 3.8) is 0 Å². The molecule has 0 unspecified atom stereocenters. The molecular formula is C15H18N4O3S. The molecule has 0 aromatic carbocycles. The second-order valence-corrected chi connectivity index (χ2v) is 7.11. The summed E-state index contributed by atoms with van der Waals surface area (Å²) in [4.78, 5) is 21.5. The number of nitrogens with zero attached hydrogens (tertiary/aromatic N) is 4. The van der Waals surface area contributed by atoms with E-state index in [1.165, 1.54) is 36.5 Å². The van der Waals surface area contributed by atoms with Crippen molar-refractivity contribution in [3.05, 3.63) is 54.6 Å². The van der Waals surface area contributed by atoms with Gasteiger partial charge in [0.05, 0.1) is 6.54 Å². The van der Waals surface area contributed by atoms with Gasteiger partial charge >= 0.3 is 0 Å². The maximum atomic E-state index is 12.4. The zero-order chi connectivity index (χ0) is 16.9. The molecule has 0 bridgehead atoms. The first-order chi connectivity index (χ1) is 10.9. The van der Waals surface area contributed by atoms with Gasteiger partial charge in [-0.2, -0.15) is 4.31 Å². The normalized spacial score (nSPS) is 11.4. The molecule has 0 aliphatic carbocycles. The molecule has 0 fully saturated rings. The lowest BCUT2D eigenvalue weighted by Crippen LogP contribution is -2.39. The monoisotopic (exact) mass is 334 g/mol. The SMILES string of the molecule is CN(Cc1cccnc1)C(=O)CN(C)S(=O)(=O)c1cccnc1. The van der Waals surface area contributed by atoms with Gasteiger partial charge in [-0.15, -0.1) is 0 Å². The Morgan fingerprint density at radius 2 is 1.74 bits per heavy atom. The van der Waals surface area contributed by atoms with E-state index < -0.39 is 10.0 Å². The summed E-state index contributed by atoms with van der Waals surface area (Å²) >= 11 is 0. The molecule has 0 atom stereocenters. The van der Waals surface area contributed by atoms with Crippen molar-refractivity contribution in [1.29, 1.82) is 0 Å². The van der Waals surface area contributed by atoms with Gasteiger partial charge in [-0.05, 0) is 23.8 Å². The highest BCUT2D eigenvalue weighted by atomic mass is 32.2. The summed E-state index contributed by atoms with van der Waals surface area (Å²) in [6.07, 6.45) is 6.07. The summed E-state index contributed by atoms with van der Waals surface area (Å²) in [5.74, 6) is -0.302. The van der Waals surface area contributed by atoms with Crippen LogP contribution in [0.1, 0.15) is 5.56 Å². The van der Waals surface area contributed by atoms with Crippen LogP contribution in [0.4, 0.5) is 0 Å². The minimum atomic E-state index is -3.73. The molecule has 0 spiro atoms. The van der Waals surface area contributed by atoms with Gasteiger partial charge in [0, 0.05) is 45.4 Å². The zero-order valence-electron chi connectivity index (χ0n) is 13.0. The smallest absolute Gasteiger partial charge is 0.244 e. The Bertz CT molecular complexity index is 751. The average Bonchev–Trinajstić information content (AvgIpc) is 2.56. The number of amides is 1. The lowest BCUT2D eigenvalue weighted by molar-refractivity contribution is -0.130. The van der Waals surface area contributed by atoms with Crippen LogP contribution in [0.3, 0.4) is 0 Å². The van der Waals surface area contributed by atoms with Crippen molar-refractivity contribution < 1.29 is 13.2 Å². The van der Waals surface area contributed by atoms with E-state index in [0.29, 0.717) is 6.54 Å². The number of aromatic nitrogens is 2. The summed E-state index contributed by atoms with van der Waals surface area (Å²) in [6, 6.07) is 6.62. The quantitative estimate of drug-likeness (QED) is 0.779. The van der Waals surface area contributed by atoms with E-state index in [2.05, 4.69) is 9.97 Å². The highest BCUT2D eigenvalue weighted by molar-refractivity contribution is 7.89. The highest BCUT2D eigenvalue weighted by Gasteiger charge is 2.24. The first-order valence-corrected chi connectivity index (χ1v) is 8.34. The standard InChI is InChI=1S/C15H18N4O3S/c1-18(11-13-5-3-7-16-9-13)15(20)12-19(2)23(21,22)14-6-4-8-17-10-14/h3-10H,11-12H2,1-2H3. The van der Waals surface area contributed by atoms with E-state index in [1.54, 1.807) is 25.5 Å². The molecule has 0 aliphatic heterocycles. The molecule has 0 radical (unpaired) electrons. The molecule has 0 saturated heterocycles. The highest BCUT2D eigenvalue weighted by Crippen LogP contribution is 2.12. The Hall–Kier alpha value is -2.32. The number of carbonyl (C=O) groups excluding carboxylic acids is 1. The molecule has 0 N–H and O–H groups in total. The van der Waals surface area contributed by atoms with Crippen molar-refractivity contribution in [2.45, 2.75) is 11.4 Å². The van der Waals surface area contributed by atoms with Gasteiger partial charge < -0.3 is 4.90 Å². The minimum absolute atomic E-state index is 0.0604. The number of sulfonamides is 1. The fourth-order valence-corrected chi connectivity index (χ4v) is 3.01. The van der Waals surface area contributed by atoms with Crippen molar-refractivity contribution in [2.24, 2.45) is 0 Å². The van der Waals surface area contributed by atoms with Crippen molar-refractivity contribution >= 4 is 15.9 Å². The minimum Gasteiger partial charge on any atom is -0.340 e. The van der Waals surface area contributed by atoms with Crippen LogP contribution in [0.5, 0.6) is 0 Å². The molecule has 7 nitrogen and oxygen atoms in total. The third-order valence-corrected chi connectivity index (χ3v) is 5.06. The molecule has 2 aromatic heterocycles. The summed E-state index contributed by atoms with van der Waals surface area (Å²) in [7, 11) is -0.731. The van der Waals surface area contributed by atoms with E-state index in [4.69, 9.17) is 0 Å². The van der Waals surface area contributed by atoms with E-state index in [-0.39, 0.29) is 17.3 Å². The van der Waals surface area contributed by atoms with Gasteiger partial charge in [0.15, 0.2) is 0 Å². The molecule has 8 heteroatoms. The molecular weight excluding hydrogens is 316 g/mol. The molecule has 2 aromatic rings. The zero-order valence-corrected chi connectivity index (χ0v) is 13.8. The fourth-order valence-electron chi connectivity index (χ4n) is 1.93. The van der Waals surface area contributed by atoms with Crippen molar-refractivity contribution in [1.82, 2.24) is 19.2 Å². The summed E-state index contributed by atoms with van der Waals surface area (Å²) in [5.41, 5.74) is 0.876. The Balaban J connectivity index is 2.02. The summed E-state index contributed by atoms with van der Waals surface area (Å²) in [5, 5.41) is 0. The fraction of sp³-hybridized carbons (Fsp3) is 0.267. The second-order valence-electron chi connectivity index (χ2n) is 5.06. The first kappa shape index (κ1) is 17.0. The molecule has 0 saturated carbocycles. The Kier molecular flexibility index (Phi) is 5.41. The third-order valence-electron chi connectivity index (χ3n) is 3.27. The van der Waals surface area contributed by atoms with Crippen LogP contribution >= 0.6 is 0 Å². The van der Waals surface area contributed by atoms with Crippen LogP contribution in [0.25, 0.3) is 0 Å². The van der Waals surface area contributed by atoms with Crippen molar-refractivity contribution in [2.75, 3.05) is 20.6 Å². The Morgan fingerprint density at radius 3 is 2.30 bits per heavy atom. The van der Waals surface area contributed by atoms with E-state index in [9.17, 15) is 13.2 Å². The van der Waals surface area contributed by atoms with Gasteiger partial charge in [-0.3, -0.25) is 14.8 Å². The lowest BCUT2D eigenvalue weighted by atomic mass is 10.3. The van der Waals surface area contributed by atoms with Crippen LogP contribution in [-0.2, 0) is 21.4 Å². The number of pyridine rings is 2. The predicted molar refractivity (Wildman–Crippen MR) is 84.8 cm³/mol. The van der Waals surface area contributed by atoms with Crippen LogP contribution in [0.15, 0.2) is 53.9 Å². The summed E-state index contributed by atoms with van der Waals surface area (Å²) in [6.45, 7) is 0.126. The number of hydrogen-bond donors (Lipinski definition) is 0. The van der Waals surface area contributed by atoms with Gasteiger partial charge in [-0.1, -0.05) is 6.07 Å². The first-order valence-electron chi connectivity index (χ1n) is 6.90. The van der Waals surface area contributed by atoms with Gasteiger partial charge in [0.1, 0.15) is 4.90 Å². The van der Waals surface area contributed by atoms with Gasteiger partial charge in [0.25, 0.3) is 0 Å². The van der Waals surface area contributed by atoms with E-state index in [1.807, 2.05) is 6.07 Å². The largest absolute Gasteiger partial charge is 0.340 e. The molecule has 23 heavy (non-hydrogen) atoms. The number of carbonyl (C=O) groups is 1. The van der Waals surface area contributed by atoms with E-state index in [0.717, 1.165) is 9.87 Å². The number of likely N-dealkylation sites (N-methyl/N-ethyl adjacent to an activating group) is 2. The average molecular weight is 334 g/mol. The van der Waals surface area contributed by atoms with Crippen LogP contribution in [0, 0.1) is 0 Å². The van der Waals surface area contributed by atoms with Gasteiger partial charge in [0.2, 0.25) is 15.9 Å². The number of hydrogen-bond acceptors (Lipinski definition) is 5. The molecule has 2 rings (SSSR count). The second kappa shape index (κ2) is 7.30. The maximum Gasteiger partial charge on any atom is 0.244 e. The molecule has 2 heterocycles. The van der Waals surface area contributed by atoms with Crippen LogP contribution in [0.2, 0.25) is 0 Å². The van der Waals surface area contributed by atoms with Crippen LogP contribution < -0.4 is 0 Å². The van der Waals surface area contributed by atoms with Crippen LogP contribution in [-0.4, -0.2) is 54.1 Å². The Labute approximate surface area is 135 Å². The third kappa shape index (κ3) is 4.33. The maximum absolute atomic E-state index is 12.4. The molecule has 1 amide bonds. The predicted octanol–water partition coefficient (Wildman–Crippen LogP) is 0.756. The molecule has 122 valence electrons. The van der Waals surface area contributed by atoms with Crippen molar-refractivity contribution in [3.8, 4) is 0 Å². The molecule has 0 aliphatic rings. The van der Waals surface area contributed by atoms with Gasteiger partial charge in [-0.25, -0.2) is 8.42 Å². The van der Waals surface area contributed by atoms with E-state index >= 15 is 0 Å². The Morgan fingerprint density at radius 1 is 1.09 bits per heavy atom. The lowest BCUT2D eigenvalue weighted by Gasteiger charge is -2.21. The number of rotatable bonds is 6.